The molecule has 1 aliphatic rings. The van der Waals surface area contributed by atoms with Gasteiger partial charge in [-0.3, -0.25) is 5.43 Å². The number of nitrogen functional groups attached to an aromatic ring is 1. The molecule has 0 aromatic carbocycles. The molecule has 1 saturated heterocycles. The lowest BCUT2D eigenvalue weighted by molar-refractivity contribution is 0.290. The molecule has 0 aliphatic carbocycles. The van der Waals surface area contributed by atoms with E-state index >= 15 is 0 Å². The van der Waals surface area contributed by atoms with Crippen LogP contribution in [0.5, 0.6) is 0 Å². The Labute approximate surface area is 119 Å². The minimum absolute atomic E-state index is 0.0835. The predicted molar refractivity (Wildman–Crippen MR) is 75.3 cm³/mol. The van der Waals surface area contributed by atoms with E-state index in [0.29, 0.717) is 13.1 Å². The minimum Gasteiger partial charge on any atom is -0.305 e. The summed E-state index contributed by atoms with van der Waals surface area (Å²) in [7, 11) is -1.57. The second-order valence-electron chi connectivity index (χ2n) is 4.97. The standard InChI is InChI=1S/C11H20N6O2S/c1-9-8-16(2)4-3-5-17(9)20(18,19)10-6-13-11(15-12)14-7-10/h6-7,9H,3-5,8,12H2,1-2H3,(H,13,14,15). The fourth-order valence-corrected chi connectivity index (χ4v) is 3.92. The highest BCUT2D eigenvalue weighted by atomic mass is 32.2. The first-order chi connectivity index (χ1) is 9.45. The van der Waals surface area contributed by atoms with Gasteiger partial charge in [0, 0.05) is 19.1 Å². The first-order valence-corrected chi connectivity index (χ1v) is 7.88. The van der Waals surface area contributed by atoms with Gasteiger partial charge in [-0.05, 0) is 26.9 Å². The van der Waals surface area contributed by atoms with Crippen LogP contribution < -0.4 is 11.3 Å². The number of sulfonamides is 1. The van der Waals surface area contributed by atoms with Crippen molar-refractivity contribution in [2.45, 2.75) is 24.3 Å². The van der Waals surface area contributed by atoms with Crippen molar-refractivity contribution >= 4 is 16.0 Å². The zero-order valence-electron chi connectivity index (χ0n) is 11.7. The lowest BCUT2D eigenvalue weighted by Gasteiger charge is -2.26. The number of nitrogens with two attached hydrogens (primary N) is 1. The number of hydrazine groups is 1. The maximum Gasteiger partial charge on any atom is 0.246 e. The highest BCUT2D eigenvalue weighted by Gasteiger charge is 2.31. The van der Waals surface area contributed by atoms with Crippen LogP contribution in [-0.4, -0.2) is 60.3 Å². The van der Waals surface area contributed by atoms with Crippen LogP contribution in [0.25, 0.3) is 0 Å². The highest BCUT2D eigenvalue weighted by molar-refractivity contribution is 7.89. The van der Waals surface area contributed by atoms with Crippen molar-refractivity contribution in [3.05, 3.63) is 12.4 Å². The summed E-state index contributed by atoms with van der Waals surface area (Å²) in [6.07, 6.45) is 3.36. The lowest BCUT2D eigenvalue weighted by atomic mass is 10.3. The van der Waals surface area contributed by atoms with Crippen molar-refractivity contribution in [3.63, 3.8) is 0 Å². The van der Waals surface area contributed by atoms with Crippen LogP contribution in [0.1, 0.15) is 13.3 Å². The van der Waals surface area contributed by atoms with Gasteiger partial charge in [0.15, 0.2) is 0 Å². The van der Waals surface area contributed by atoms with E-state index in [1.165, 1.54) is 16.7 Å². The molecule has 1 aliphatic heterocycles. The Morgan fingerprint density at radius 3 is 2.60 bits per heavy atom. The molecule has 0 spiro atoms. The molecule has 1 atom stereocenters. The Bertz CT molecular complexity index is 547. The van der Waals surface area contributed by atoms with Crippen LogP contribution in [0, 0.1) is 0 Å². The van der Waals surface area contributed by atoms with Crippen molar-refractivity contribution in [1.82, 2.24) is 19.2 Å². The van der Waals surface area contributed by atoms with Gasteiger partial charge >= 0.3 is 0 Å². The number of hydrogen-bond donors (Lipinski definition) is 2. The van der Waals surface area contributed by atoms with Crippen LogP contribution in [0.3, 0.4) is 0 Å². The fourth-order valence-electron chi connectivity index (χ4n) is 2.37. The second kappa shape index (κ2) is 6.00. The number of nitrogens with zero attached hydrogens (tertiary/aromatic N) is 4. The smallest absolute Gasteiger partial charge is 0.246 e. The third kappa shape index (κ3) is 3.06. The maximum atomic E-state index is 12.6. The zero-order chi connectivity index (χ0) is 14.8. The lowest BCUT2D eigenvalue weighted by Crippen LogP contribution is -2.41. The number of likely N-dealkylation sites (N-methyl/N-ethyl adjacent to an activating group) is 1. The van der Waals surface area contributed by atoms with Crippen molar-refractivity contribution in [3.8, 4) is 0 Å². The largest absolute Gasteiger partial charge is 0.305 e. The van der Waals surface area contributed by atoms with Gasteiger partial charge in [-0.15, -0.1) is 0 Å². The summed E-state index contributed by atoms with van der Waals surface area (Å²) in [5.74, 6) is 5.36. The molecule has 20 heavy (non-hydrogen) atoms. The van der Waals surface area contributed by atoms with Gasteiger partial charge < -0.3 is 4.90 Å². The molecule has 2 heterocycles. The predicted octanol–water partition coefficient (Wildman–Crippen LogP) is -0.523. The number of anilines is 1. The van der Waals surface area contributed by atoms with E-state index in [-0.39, 0.29) is 16.9 Å². The molecule has 1 aromatic heterocycles. The van der Waals surface area contributed by atoms with Crippen molar-refractivity contribution < 1.29 is 8.42 Å². The van der Waals surface area contributed by atoms with Crippen LogP contribution in [0.15, 0.2) is 17.3 Å². The fraction of sp³-hybridized carbons (Fsp3) is 0.636. The molecule has 1 unspecified atom stereocenters. The molecule has 2 rings (SSSR count). The summed E-state index contributed by atoms with van der Waals surface area (Å²) in [5.41, 5.74) is 2.27. The van der Waals surface area contributed by atoms with Gasteiger partial charge in [-0.2, -0.15) is 4.31 Å². The molecular formula is C11H20N6O2S. The summed E-state index contributed by atoms with van der Waals surface area (Å²) in [5, 5.41) is 0. The molecule has 1 fully saturated rings. The Kier molecular flexibility index (Phi) is 4.53. The van der Waals surface area contributed by atoms with Crippen LogP contribution in [0.4, 0.5) is 5.95 Å². The maximum absolute atomic E-state index is 12.6. The summed E-state index contributed by atoms with van der Waals surface area (Å²) in [4.78, 5) is 9.94. The van der Waals surface area contributed by atoms with E-state index in [9.17, 15) is 8.42 Å². The van der Waals surface area contributed by atoms with E-state index in [4.69, 9.17) is 5.84 Å². The summed E-state index contributed by atoms with van der Waals surface area (Å²) < 4.78 is 26.8. The van der Waals surface area contributed by atoms with Crippen LogP contribution in [0.2, 0.25) is 0 Å². The molecule has 1 aromatic rings. The minimum atomic E-state index is -3.57. The number of aromatic nitrogens is 2. The first-order valence-electron chi connectivity index (χ1n) is 6.44. The third-order valence-electron chi connectivity index (χ3n) is 3.35. The van der Waals surface area contributed by atoms with Gasteiger partial charge in [-0.1, -0.05) is 0 Å². The summed E-state index contributed by atoms with van der Waals surface area (Å²) >= 11 is 0. The quantitative estimate of drug-likeness (QED) is 0.571. The van der Waals surface area contributed by atoms with E-state index in [0.717, 1.165) is 13.0 Å². The molecule has 8 nitrogen and oxygen atoms in total. The third-order valence-corrected chi connectivity index (χ3v) is 5.32. The molecule has 0 radical (unpaired) electrons. The average molecular weight is 300 g/mol. The van der Waals surface area contributed by atoms with Crippen molar-refractivity contribution in [2.24, 2.45) is 5.84 Å². The van der Waals surface area contributed by atoms with Gasteiger partial charge in [0.05, 0.1) is 12.4 Å². The number of nitrogens with one attached hydrogen (secondary N) is 1. The summed E-state index contributed by atoms with van der Waals surface area (Å²) in [6.45, 7) is 4.02. The zero-order valence-corrected chi connectivity index (χ0v) is 12.5. The Morgan fingerprint density at radius 2 is 2.00 bits per heavy atom. The van der Waals surface area contributed by atoms with Gasteiger partial charge in [0.2, 0.25) is 16.0 Å². The first kappa shape index (κ1) is 15.1. The highest BCUT2D eigenvalue weighted by Crippen LogP contribution is 2.20. The normalized spacial score (nSPS) is 22.4. The molecular weight excluding hydrogens is 280 g/mol. The Morgan fingerprint density at radius 1 is 1.35 bits per heavy atom. The van der Waals surface area contributed by atoms with Gasteiger partial charge in [-0.25, -0.2) is 24.2 Å². The number of hydrogen-bond acceptors (Lipinski definition) is 7. The monoisotopic (exact) mass is 300 g/mol. The van der Waals surface area contributed by atoms with Gasteiger partial charge in [0.1, 0.15) is 4.90 Å². The van der Waals surface area contributed by atoms with Crippen molar-refractivity contribution in [1.29, 1.82) is 0 Å². The topological polar surface area (TPSA) is 104 Å². The molecule has 3 N–H and O–H groups in total. The van der Waals surface area contributed by atoms with Crippen molar-refractivity contribution in [2.75, 3.05) is 32.1 Å². The Hall–Kier alpha value is -1.29. The molecule has 0 bridgehead atoms. The van der Waals surface area contributed by atoms with E-state index in [1.54, 1.807) is 0 Å². The Balaban J connectivity index is 2.28. The SMILES string of the molecule is CC1CN(C)CCCN1S(=O)(=O)c1cnc(NN)nc1. The van der Waals surface area contributed by atoms with E-state index in [1.807, 2.05) is 14.0 Å². The molecule has 9 heteroatoms. The second-order valence-corrected chi connectivity index (χ2v) is 6.86. The average Bonchev–Trinajstić information content (AvgIpc) is 2.59. The number of rotatable bonds is 3. The van der Waals surface area contributed by atoms with Crippen LogP contribution in [-0.2, 0) is 10.0 Å². The van der Waals surface area contributed by atoms with Crippen LogP contribution >= 0.6 is 0 Å². The molecule has 112 valence electrons. The molecule has 0 saturated carbocycles. The summed E-state index contributed by atoms with van der Waals surface area (Å²) in [6, 6.07) is -0.0835. The van der Waals surface area contributed by atoms with Gasteiger partial charge in [0.25, 0.3) is 0 Å². The van der Waals surface area contributed by atoms with E-state index < -0.39 is 10.0 Å². The van der Waals surface area contributed by atoms with E-state index in [2.05, 4.69) is 20.3 Å². The molecule has 0 amide bonds.